The molecule has 0 saturated carbocycles. The largest absolute Gasteiger partial charge is 0.296 e. The number of halogens is 1. The van der Waals surface area contributed by atoms with Gasteiger partial charge in [-0.1, -0.05) is 19.1 Å². The third-order valence-electron chi connectivity index (χ3n) is 2.71. The van der Waals surface area contributed by atoms with Crippen LogP contribution in [0.4, 0.5) is 4.39 Å². The lowest BCUT2D eigenvalue weighted by molar-refractivity contribution is -0.121. The lowest BCUT2D eigenvalue weighted by Gasteiger charge is -2.17. The van der Waals surface area contributed by atoms with Crippen LogP contribution in [-0.4, -0.2) is 23.3 Å². The molecule has 0 radical (unpaired) electrons. The number of Topliss-reactive ketones (excluding diaryl/α,β-unsaturated/α-hetero) is 1. The summed E-state index contributed by atoms with van der Waals surface area (Å²) in [5.41, 5.74) is 3.96. The quantitative estimate of drug-likeness (QED) is 0.866. The molecule has 1 aliphatic heterocycles. The van der Waals surface area contributed by atoms with E-state index < -0.39 is 6.17 Å². The maximum atomic E-state index is 12.8. The average Bonchev–Trinajstić information content (AvgIpc) is 2.81. The molecule has 0 bridgehead atoms. The minimum atomic E-state index is -0.467. The van der Waals surface area contributed by atoms with Gasteiger partial charge in [0, 0.05) is 6.42 Å². The monoisotopic (exact) mass is 249 g/mol. The first kappa shape index (κ1) is 12.7. The Kier molecular flexibility index (Phi) is 4.04. The third-order valence-corrected chi connectivity index (χ3v) is 2.71. The van der Waals surface area contributed by atoms with Crippen LogP contribution in [0.2, 0.25) is 0 Å². The molecule has 1 aromatic carbocycles. The van der Waals surface area contributed by atoms with E-state index in [4.69, 9.17) is 0 Å². The van der Waals surface area contributed by atoms with Gasteiger partial charge < -0.3 is 0 Å². The zero-order valence-electron chi connectivity index (χ0n) is 10.3. The molecule has 5 heteroatoms. The van der Waals surface area contributed by atoms with Gasteiger partial charge in [-0.25, -0.2) is 14.8 Å². The lowest BCUT2D eigenvalue weighted by Crippen LogP contribution is -2.40. The van der Waals surface area contributed by atoms with Crippen LogP contribution in [0, 0.1) is 5.82 Å². The molecular formula is C13H16FN3O. The second kappa shape index (κ2) is 5.73. The van der Waals surface area contributed by atoms with Crippen molar-refractivity contribution in [3.8, 4) is 0 Å². The van der Waals surface area contributed by atoms with E-state index in [9.17, 15) is 9.18 Å². The zero-order chi connectivity index (χ0) is 13.0. The molecule has 0 aliphatic carbocycles. The van der Waals surface area contributed by atoms with Crippen LogP contribution < -0.4 is 5.43 Å². The Morgan fingerprint density at radius 1 is 1.44 bits per heavy atom. The smallest absolute Gasteiger partial charge is 0.177 e. The van der Waals surface area contributed by atoms with Gasteiger partial charge >= 0.3 is 0 Å². The number of hydrogen-bond donors (Lipinski definition) is 1. The predicted octanol–water partition coefficient (Wildman–Crippen LogP) is 1.87. The highest BCUT2D eigenvalue weighted by Gasteiger charge is 2.22. The predicted molar refractivity (Wildman–Crippen MR) is 67.3 cm³/mol. The van der Waals surface area contributed by atoms with E-state index in [2.05, 4.69) is 10.4 Å². The van der Waals surface area contributed by atoms with E-state index in [0.717, 1.165) is 12.0 Å². The average molecular weight is 249 g/mol. The molecule has 0 fully saturated rings. The highest BCUT2D eigenvalue weighted by Crippen LogP contribution is 2.08. The van der Waals surface area contributed by atoms with Crippen molar-refractivity contribution in [3.05, 3.63) is 35.6 Å². The fourth-order valence-electron chi connectivity index (χ4n) is 1.78. The topological polar surface area (TPSA) is 44.7 Å². The Labute approximate surface area is 105 Å². The summed E-state index contributed by atoms with van der Waals surface area (Å²) in [6, 6.07) is 6.27. The minimum absolute atomic E-state index is 0.0929. The number of rotatable bonds is 5. The number of aliphatic imine (C=N–C) groups is 1. The van der Waals surface area contributed by atoms with E-state index >= 15 is 0 Å². The first-order chi connectivity index (χ1) is 8.69. The molecule has 0 spiro atoms. The summed E-state index contributed by atoms with van der Waals surface area (Å²) in [5.74, 6) is -0.159. The summed E-state index contributed by atoms with van der Waals surface area (Å²) in [4.78, 5) is 15.8. The van der Waals surface area contributed by atoms with Crippen LogP contribution in [0.5, 0.6) is 0 Å². The van der Waals surface area contributed by atoms with Gasteiger partial charge in [-0.2, -0.15) is 0 Å². The molecule has 1 N–H and O–H groups in total. The standard InChI is InChI=1S/C13H16FN3O/c1-2-3-12(18)13-15-9-17(16-13)8-10-4-6-11(14)7-5-10/h4-7,9,13,16H,2-3,8H2,1H3. The van der Waals surface area contributed by atoms with Crippen molar-refractivity contribution < 1.29 is 9.18 Å². The van der Waals surface area contributed by atoms with Gasteiger partial charge in [0.25, 0.3) is 0 Å². The summed E-state index contributed by atoms with van der Waals surface area (Å²) < 4.78 is 12.8. The molecule has 1 heterocycles. The van der Waals surface area contributed by atoms with Crippen LogP contribution in [-0.2, 0) is 11.3 Å². The molecule has 1 unspecified atom stereocenters. The molecule has 18 heavy (non-hydrogen) atoms. The highest BCUT2D eigenvalue weighted by molar-refractivity contribution is 5.86. The Morgan fingerprint density at radius 3 is 2.83 bits per heavy atom. The second-order valence-corrected chi connectivity index (χ2v) is 4.27. The van der Waals surface area contributed by atoms with Crippen LogP contribution >= 0.6 is 0 Å². The molecular weight excluding hydrogens is 233 g/mol. The Hall–Kier alpha value is -1.75. The van der Waals surface area contributed by atoms with Crippen molar-refractivity contribution in [1.29, 1.82) is 0 Å². The molecule has 0 aromatic heterocycles. The van der Waals surface area contributed by atoms with Gasteiger partial charge in [-0.15, -0.1) is 0 Å². The van der Waals surface area contributed by atoms with Crippen LogP contribution in [0.3, 0.4) is 0 Å². The summed E-state index contributed by atoms with van der Waals surface area (Å²) in [6.45, 7) is 2.52. The molecule has 4 nitrogen and oxygen atoms in total. The van der Waals surface area contributed by atoms with Crippen molar-refractivity contribution >= 4 is 12.1 Å². The van der Waals surface area contributed by atoms with Crippen molar-refractivity contribution in [1.82, 2.24) is 10.4 Å². The maximum absolute atomic E-state index is 12.8. The summed E-state index contributed by atoms with van der Waals surface area (Å²) >= 11 is 0. The summed E-state index contributed by atoms with van der Waals surface area (Å²) in [5, 5.41) is 1.74. The number of hydrogen-bond acceptors (Lipinski definition) is 4. The van der Waals surface area contributed by atoms with E-state index in [0.29, 0.717) is 13.0 Å². The van der Waals surface area contributed by atoms with Crippen molar-refractivity contribution in [2.75, 3.05) is 0 Å². The van der Waals surface area contributed by atoms with Gasteiger partial charge in [0.05, 0.1) is 6.54 Å². The van der Waals surface area contributed by atoms with E-state index in [1.807, 2.05) is 6.92 Å². The lowest BCUT2D eigenvalue weighted by atomic mass is 10.2. The molecule has 2 rings (SSSR count). The van der Waals surface area contributed by atoms with Gasteiger partial charge in [-0.3, -0.25) is 9.80 Å². The second-order valence-electron chi connectivity index (χ2n) is 4.27. The van der Waals surface area contributed by atoms with Crippen LogP contribution in [0.1, 0.15) is 25.3 Å². The van der Waals surface area contributed by atoms with Gasteiger partial charge in [0.15, 0.2) is 11.9 Å². The number of ketones is 1. The van der Waals surface area contributed by atoms with Gasteiger partial charge in [-0.05, 0) is 24.1 Å². The van der Waals surface area contributed by atoms with Gasteiger partial charge in [0.2, 0.25) is 0 Å². The fraction of sp³-hybridized carbons (Fsp3) is 0.385. The Balaban J connectivity index is 1.88. The molecule has 1 atom stereocenters. The zero-order valence-corrected chi connectivity index (χ0v) is 10.3. The van der Waals surface area contributed by atoms with Crippen LogP contribution in [0.25, 0.3) is 0 Å². The van der Waals surface area contributed by atoms with E-state index in [1.165, 1.54) is 12.1 Å². The molecule has 0 saturated heterocycles. The molecule has 0 amide bonds. The number of carbonyl (C=O) groups is 1. The fourth-order valence-corrected chi connectivity index (χ4v) is 1.78. The summed E-state index contributed by atoms with van der Waals surface area (Å²) in [7, 11) is 0. The first-order valence-corrected chi connectivity index (χ1v) is 6.02. The Morgan fingerprint density at radius 2 is 2.17 bits per heavy atom. The highest BCUT2D eigenvalue weighted by atomic mass is 19.1. The van der Waals surface area contributed by atoms with Gasteiger partial charge in [0.1, 0.15) is 12.2 Å². The maximum Gasteiger partial charge on any atom is 0.177 e. The third kappa shape index (κ3) is 3.13. The molecule has 96 valence electrons. The number of benzene rings is 1. The first-order valence-electron chi connectivity index (χ1n) is 6.02. The number of carbonyl (C=O) groups excluding carboxylic acids is 1. The number of nitrogens with zero attached hydrogens (tertiary/aromatic N) is 2. The Bertz CT molecular complexity index is 444. The molecule has 1 aliphatic rings. The number of hydrazine groups is 1. The van der Waals surface area contributed by atoms with Crippen molar-refractivity contribution in [2.45, 2.75) is 32.5 Å². The van der Waals surface area contributed by atoms with Crippen LogP contribution in [0.15, 0.2) is 29.3 Å². The van der Waals surface area contributed by atoms with E-state index in [1.54, 1.807) is 23.5 Å². The minimum Gasteiger partial charge on any atom is -0.296 e. The number of nitrogens with one attached hydrogen (secondary N) is 1. The van der Waals surface area contributed by atoms with Crippen molar-refractivity contribution in [3.63, 3.8) is 0 Å². The molecule has 1 aromatic rings. The normalized spacial score (nSPS) is 18.3. The summed E-state index contributed by atoms with van der Waals surface area (Å²) in [6.07, 6.45) is 2.50. The SMILES string of the molecule is CCCC(=O)C1N=CN(Cc2ccc(F)cc2)N1. The van der Waals surface area contributed by atoms with Crippen molar-refractivity contribution in [2.24, 2.45) is 4.99 Å². The van der Waals surface area contributed by atoms with E-state index in [-0.39, 0.29) is 11.6 Å².